The first-order valence-electron chi connectivity index (χ1n) is 6.56. The Bertz CT molecular complexity index is 726. The van der Waals surface area contributed by atoms with Crippen LogP contribution in [0.25, 0.3) is 0 Å². The Balaban J connectivity index is 0.000000379. The van der Waals surface area contributed by atoms with Crippen LogP contribution in [0.3, 0.4) is 0 Å². The summed E-state index contributed by atoms with van der Waals surface area (Å²) in [6.07, 6.45) is 0. The third-order valence-electron chi connectivity index (χ3n) is 2.72. The van der Waals surface area contributed by atoms with Gasteiger partial charge in [0, 0.05) is 28.8 Å². The number of carbonyl (C=O) groups excluding carboxylic acids is 1. The molecule has 0 bridgehead atoms. The number of nitrogens with zero attached hydrogens (tertiary/aromatic N) is 1. The van der Waals surface area contributed by atoms with Crippen LogP contribution in [-0.4, -0.2) is 21.8 Å². The molecule has 2 aromatic rings. The number of non-ortho nitro benzene ring substituents is 1. The zero-order valence-corrected chi connectivity index (χ0v) is 12.4. The molecule has 6 heteroatoms. The average Bonchev–Trinajstić information content (AvgIpc) is 2.55. The summed E-state index contributed by atoms with van der Waals surface area (Å²) in [7, 11) is 0. The molecule has 0 fully saturated rings. The van der Waals surface area contributed by atoms with Crippen molar-refractivity contribution in [3.05, 3.63) is 88.0 Å². The van der Waals surface area contributed by atoms with Gasteiger partial charge in [-0.05, 0) is 6.92 Å². The van der Waals surface area contributed by atoms with Crippen LogP contribution in [0, 0.1) is 10.1 Å². The second-order valence-corrected chi connectivity index (χ2v) is 4.59. The Morgan fingerprint density at radius 1 is 1.04 bits per heavy atom. The van der Waals surface area contributed by atoms with Crippen LogP contribution < -0.4 is 0 Å². The smallest absolute Gasteiger partial charge is 0.330 e. The number of carbonyl (C=O) groups is 2. The second kappa shape index (κ2) is 8.23. The fourth-order valence-electron chi connectivity index (χ4n) is 1.52. The Kier molecular flexibility index (Phi) is 6.36. The minimum absolute atomic E-state index is 0.0771. The lowest BCUT2D eigenvalue weighted by Crippen LogP contribution is -2.01. The minimum atomic E-state index is -0.935. The van der Waals surface area contributed by atoms with Gasteiger partial charge in [-0.1, -0.05) is 49.0 Å². The van der Waals surface area contributed by atoms with E-state index in [2.05, 4.69) is 6.58 Å². The highest BCUT2D eigenvalue weighted by molar-refractivity contribution is 6.09. The number of aliphatic carboxylic acids is 1. The molecule has 0 aliphatic heterocycles. The molecule has 0 atom stereocenters. The van der Waals surface area contributed by atoms with E-state index < -0.39 is 10.9 Å². The number of hydrogen-bond acceptors (Lipinski definition) is 4. The SMILES string of the molecule is C=C(C)C(=O)O.O=C(c1ccccc1)c1cccc([N+](=O)[O-])c1. The summed E-state index contributed by atoms with van der Waals surface area (Å²) in [6.45, 7) is 4.60. The van der Waals surface area contributed by atoms with Crippen molar-refractivity contribution in [3.63, 3.8) is 0 Å². The summed E-state index contributed by atoms with van der Waals surface area (Å²) in [4.78, 5) is 31.7. The molecule has 0 heterocycles. The van der Waals surface area contributed by atoms with E-state index in [0.29, 0.717) is 11.1 Å². The fraction of sp³-hybridized carbons (Fsp3) is 0.0588. The number of hydrogen-bond donors (Lipinski definition) is 1. The fourth-order valence-corrected chi connectivity index (χ4v) is 1.52. The van der Waals surface area contributed by atoms with Gasteiger partial charge in [-0.2, -0.15) is 0 Å². The summed E-state index contributed by atoms with van der Waals surface area (Å²) in [5, 5.41) is 18.5. The molecule has 0 aromatic heterocycles. The summed E-state index contributed by atoms with van der Waals surface area (Å²) in [5.41, 5.74) is 0.945. The number of carboxylic acid groups (broad SMARTS) is 1. The van der Waals surface area contributed by atoms with E-state index in [1.165, 1.54) is 25.1 Å². The maximum absolute atomic E-state index is 12.0. The van der Waals surface area contributed by atoms with Gasteiger partial charge in [0.1, 0.15) is 0 Å². The monoisotopic (exact) mass is 313 g/mol. The summed E-state index contributed by atoms with van der Waals surface area (Å²) in [6, 6.07) is 14.4. The van der Waals surface area contributed by atoms with E-state index in [1.807, 2.05) is 6.07 Å². The molecule has 23 heavy (non-hydrogen) atoms. The maximum atomic E-state index is 12.0. The van der Waals surface area contributed by atoms with Crippen molar-refractivity contribution >= 4 is 17.4 Å². The third-order valence-corrected chi connectivity index (χ3v) is 2.72. The zero-order chi connectivity index (χ0) is 17.4. The van der Waals surface area contributed by atoms with Crippen molar-refractivity contribution in [2.45, 2.75) is 6.92 Å². The predicted molar refractivity (Wildman–Crippen MR) is 85.4 cm³/mol. The van der Waals surface area contributed by atoms with Gasteiger partial charge < -0.3 is 5.11 Å². The molecule has 2 rings (SSSR count). The second-order valence-electron chi connectivity index (χ2n) is 4.59. The van der Waals surface area contributed by atoms with Crippen LogP contribution in [0.1, 0.15) is 22.8 Å². The number of carboxylic acids is 1. The van der Waals surface area contributed by atoms with Gasteiger partial charge in [-0.15, -0.1) is 0 Å². The van der Waals surface area contributed by atoms with E-state index in [1.54, 1.807) is 30.3 Å². The molecule has 0 aliphatic carbocycles. The van der Waals surface area contributed by atoms with Crippen molar-refractivity contribution in [3.8, 4) is 0 Å². The van der Waals surface area contributed by atoms with Gasteiger partial charge in [0.15, 0.2) is 5.78 Å². The Hall–Kier alpha value is -3.28. The quantitative estimate of drug-likeness (QED) is 0.403. The molecule has 0 spiro atoms. The van der Waals surface area contributed by atoms with Crippen LogP contribution in [-0.2, 0) is 4.79 Å². The molecular formula is C17H15NO5. The lowest BCUT2D eigenvalue weighted by molar-refractivity contribution is -0.384. The number of nitro groups is 1. The third kappa shape index (κ3) is 5.55. The summed E-state index contributed by atoms with van der Waals surface area (Å²) in [5.74, 6) is -1.15. The van der Waals surface area contributed by atoms with Crippen molar-refractivity contribution in [2.75, 3.05) is 0 Å². The van der Waals surface area contributed by atoms with Gasteiger partial charge in [0.25, 0.3) is 5.69 Å². The van der Waals surface area contributed by atoms with Crippen molar-refractivity contribution in [2.24, 2.45) is 0 Å². The van der Waals surface area contributed by atoms with Crippen LogP contribution in [0.15, 0.2) is 66.7 Å². The van der Waals surface area contributed by atoms with Crippen LogP contribution in [0.2, 0.25) is 0 Å². The van der Waals surface area contributed by atoms with E-state index in [-0.39, 0.29) is 17.0 Å². The van der Waals surface area contributed by atoms with E-state index >= 15 is 0 Å². The molecule has 0 unspecified atom stereocenters. The zero-order valence-electron chi connectivity index (χ0n) is 12.4. The van der Waals surface area contributed by atoms with Crippen molar-refractivity contribution in [1.82, 2.24) is 0 Å². The number of rotatable bonds is 4. The van der Waals surface area contributed by atoms with E-state index in [9.17, 15) is 19.7 Å². The molecule has 2 aromatic carbocycles. The van der Waals surface area contributed by atoms with Gasteiger partial charge >= 0.3 is 5.97 Å². The molecule has 0 aliphatic rings. The number of benzene rings is 2. The highest BCUT2D eigenvalue weighted by Gasteiger charge is 2.12. The van der Waals surface area contributed by atoms with Gasteiger partial charge in [-0.25, -0.2) is 4.79 Å². The lowest BCUT2D eigenvalue weighted by atomic mass is 10.0. The standard InChI is InChI=1S/C13H9NO3.C4H6O2/c15-13(10-5-2-1-3-6-10)11-7-4-8-12(9-11)14(16)17;1-3(2)4(5)6/h1-9H;1H2,2H3,(H,5,6). The largest absolute Gasteiger partial charge is 0.478 e. The molecular weight excluding hydrogens is 298 g/mol. The summed E-state index contributed by atoms with van der Waals surface area (Å²) < 4.78 is 0. The summed E-state index contributed by atoms with van der Waals surface area (Å²) >= 11 is 0. The molecule has 0 saturated carbocycles. The van der Waals surface area contributed by atoms with Gasteiger partial charge in [-0.3, -0.25) is 14.9 Å². The topological polar surface area (TPSA) is 97.5 Å². The molecule has 0 saturated heterocycles. The average molecular weight is 313 g/mol. The number of nitro benzene ring substituents is 1. The first-order chi connectivity index (χ1) is 10.8. The van der Waals surface area contributed by atoms with E-state index in [0.717, 1.165) is 0 Å². The first kappa shape index (κ1) is 17.8. The molecule has 118 valence electrons. The molecule has 0 radical (unpaired) electrons. The molecule has 6 nitrogen and oxygen atoms in total. The Morgan fingerprint density at radius 3 is 2.04 bits per heavy atom. The Morgan fingerprint density at radius 2 is 1.57 bits per heavy atom. The normalized spacial score (nSPS) is 9.26. The van der Waals surface area contributed by atoms with Crippen LogP contribution >= 0.6 is 0 Å². The van der Waals surface area contributed by atoms with Crippen LogP contribution in [0.5, 0.6) is 0 Å². The van der Waals surface area contributed by atoms with E-state index in [4.69, 9.17) is 5.11 Å². The maximum Gasteiger partial charge on any atom is 0.330 e. The minimum Gasteiger partial charge on any atom is -0.478 e. The molecule has 0 amide bonds. The lowest BCUT2D eigenvalue weighted by Gasteiger charge is -2.00. The van der Waals surface area contributed by atoms with Gasteiger partial charge in [0.2, 0.25) is 0 Å². The molecule has 1 N–H and O–H groups in total. The number of ketones is 1. The predicted octanol–water partition coefficient (Wildman–Crippen LogP) is 3.47. The van der Waals surface area contributed by atoms with Crippen molar-refractivity contribution in [1.29, 1.82) is 0 Å². The Labute approximate surface area is 132 Å². The van der Waals surface area contributed by atoms with Crippen molar-refractivity contribution < 1.29 is 19.6 Å². The van der Waals surface area contributed by atoms with Crippen LogP contribution in [0.4, 0.5) is 5.69 Å². The van der Waals surface area contributed by atoms with Gasteiger partial charge in [0.05, 0.1) is 4.92 Å². The highest BCUT2D eigenvalue weighted by Crippen LogP contribution is 2.16. The first-order valence-corrected chi connectivity index (χ1v) is 6.56. The highest BCUT2D eigenvalue weighted by atomic mass is 16.6.